The fraction of sp³-hybridized carbons (Fsp3) is 0.455. The summed E-state index contributed by atoms with van der Waals surface area (Å²) >= 11 is 0. The minimum Gasteiger partial charge on any atom is -0.323 e. The molecule has 28 heavy (non-hydrogen) atoms. The lowest BCUT2D eigenvalue weighted by atomic mass is 10.0. The van der Waals surface area contributed by atoms with Crippen LogP contribution in [0.25, 0.3) is 11.3 Å². The van der Waals surface area contributed by atoms with Crippen LogP contribution in [0.4, 0.5) is 0 Å². The first-order valence-corrected chi connectivity index (χ1v) is 9.78. The van der Waals surface area contributed by atoms with Crippen LogP contribution in [0.15, 0.2) is 42.9 Å². The van der Waals surface area contributed by atoms with Gasteiger partial charge in [0.1, 0.15) is 0 Å². The smallest absolute Gasteiger partial charge is 0.0956 e. The number of rotatable bonds is 8. The van der Waals surface area contributed by atoms with Crippen molar-refractivity contribution in [2.45, 2.75) is 46.2 Å². The summed E-state index contributed by atoms with van der Waals surface area (Å²) < 4.78 is 4.45. The average molecular weight is 402 g/mol. The van der Waals surface area contributed by atoms with E-state index in [1.807, 2.05) is 12.5 Å². The van der Waals surface area contributed by atoms with Gasteiger partial charge in [0.15, 0.2) is 0 Å². The third kappa shape index (κ3) is 4.65. The Labute approximate surface area is 174 Å². The zero-order valence-corrected chi connectivity index (χ0v) is 18.4. The summed E-state index contributed by atoms with van der Waals surface area (Å²) in [6.45, 7) is 8.42. The van der Waals surface area contributed by atoms with Crippen LogP contribution in [0.5, 0.6) is 0 Å². The number of imidazole rings is 1. The van der Waals surface area contributed by atoms with Crippen molar-refractivity contribution in [2.75, 3.05) is 20.6 Å². The highest BCUT2D eigenvalue weighted by molar-refractivity contribution is 5.85. The topological polar surface area (TPSA) is 38.9 Å². The van der Waals surface area contributed by atoms with E-state index in [1.165, 1.54) is 16.8 Å². The zero-order valence-electron chi connectivity index (χ0n) is 17.6. The molecule has 0 aliphatic rings. The molecule has 152 valence electrons. The molecular weight excluding hydrogens is 370 g/mol. The summed E-state index contributed by atoms with van der Waals surface area (Å²) in [5.41, 5.74) is 5.97. The lowest BCUT2D eigenvalue weighted by Gasteiger charge is -2.23. The fourth-order valence-corrected chi connectivity index (χ4v) is 3.77. The van der Waals surface area contributed by atoms with Crippen LogP contribution in [-0.2, 0) is 6.54 Å². The summed E-state index contributed by atoms with van der Waals surface area (Å²) in [5.74, 6) is 0. The first kappa shape index (κ1) is 22.2. The van der Waals surface area contributed by atoms with Crippen molar-refractivity contribution >= 4 is 12.4 Å². The van der Waals surface area contributed by atoms with E-state index in [2.05, 4.69) is 84.3 Å². The summed E-state index contributed by atoms with van der Waals surface area (Å²) in [6, 6.07) is 11.0. The minimum absolute atomic E-state index is 0. The molecule has 0 saturated heterocycles. The molecule has 0 saturated carbocycles. The molecule has 0 aliphatic heterocycles. The van der Waals surface area contributed by atoms with Gasteiger partial charge >= 0.3 is 0 Å². The van der Waals surface area contributed by atoms with Gasteiger partial charge in [0, 0.05) is 17.8 Å². The van der Waals surface area contributed by atoms with Gasteiger partial charge in [-0.2, -0.15) is 5.10 Å². The van der Waals surface area contributed by atoms with Gasteiger partial charge in [-0.25, -0.2) is 4.98 Å². The lowest BCUT2D eigenvalue weighted by molar-refractivity contribution is 0.367. The molecule has 1 unspecified atom stereocenters. The molecule has 0 spiro atoms. The van der Waals surface area contributed by atoms with Gasteiger partial charge < -0.3 is 9.47 Å². The van der Waals surface area contributed by atoms with E-state index in [0.717, 1.165) is 37.3 Å². The summed E-state index contributed by atoms with van der Waals surface area (Å²) in [6.07, 6.45) is 6.06. The molecule has 2 aromatic heterocycles. The van der Waals surface area contributed by atoms with Crippen molar-refractivity contribution in [1.29, 1.82) is 0 Å². The minimum atomic E-state index is 0. The van der Waals surface area contributed by atoms with Gasteiger partial charge in [-0.15, -0.1) is 12.4 Å². The zero-order chi connectivity index (χ0) is 19.4. The number of hydrogen-bond donors (Lipinski definition) is 0. The largest absolute Gasteiger partial charge is 0.323 e. The Morgan fingerprint density at radius 1 is 1.11 bits per heavy atom. The molecule has 6 heteroatoms. The van der Waals surface area contributed by atoms with E-state index in [0.29, 0.717) is 0 Å². The van der Waals surface area contributed by atoms with E-state index in [-0.39, 0.29) is 18.4 Å². The molecule has 1 aromatic carbocycles. The molecule has 5 nitrogen and oxygen atoms in total. The molecule has 3 rings (SSSR count). The summed E-state index contributed by atoms with van der Waals surface area (Å²) in [5, 5.41) is 4.77. The molecule has 0 radical (unpaired) electrons. The van der Waals surface area contributed by atoms with Gasteiger partial charge in [-0.1, -0.05) is 37.3 Å². The van der Waals surface area contributed by atoms with Crippen LogP contribution in [0.3, 0.4) is 0 Å². The second kappa shape index (κ2) is 9.89. The van der Waals surface area contributed by atoms with Crippen LogP contribution >= 0.6 is 12.4 Å². The highest BCUT2D eigenvalue weighted by Crippen LogP contribution is 2.32. The summed E-state index contributed by atoms with van der Waals surface area (Å²) in [7, 11) is 4.25. The van der Waals surface area contributed by atoms with Gasteiger partial charge in [-0.05, 0) is 52.9 Å². The maximum absolute atomic E-state index is 4.77. The molecule has 0 amide bonds. The Balaban J connectivity index is 0.00000280. The number of nitrogens with zero attached hydrogens (tertiary/aromatic N) is 5. The SMILES string of the molecule is CCCn1nc(C)c(-c2cncn2C(CCN(C)C)c2ccccc2)c1C.Cl. The standard InChI is InChI=1S/C22H31N5.ClH/c1-6-13-27-18(3)22(17(2)24-27)21-15-23-16-26(21)20(12-14-25(4)5)19-10-8-7-9-11-19;/h7-11,15-16,20H,6,12-14H2,1-5H3;1H. The second-order valence-corrected chi connectivity index (χ2v) is 7.47. The summed E-state index contributed by atoms with van der Waals surface area (Å²) in [4.78, 5) is 6.76. The monoisotopic (exact) mass is 401 g/mol. The Morgan fingerprint density at radius 3 is 2.46 bits per heavy atom. The molecule has 0 bridgehead atoms. The normalized spacial score (nSPS) is 12.2. The molecular formula is C22H32ClN5. The fourth-order valence-electron chi connectivity index (χ4n) is 3.77. The number of aryl methyl sites for hydroxylation is 2. The Hall–Kier alpha value is -2.11. The lowest BCUT2D eigenvalue weighted by Crippen LogP contribution is -2.20. The molecule has 0 fully saturated rings. The first-order valence-electron chi connectivity index (χ1n) is 9.78. The van der Waals surface area contributed by atoms with Gasteiger partial charge in [0.2, 0.25) is 0 Å². The predicted molar refractivity (Wildman–Crippen MR) is 118 cm³/mol. The van der Waals surface area contributed by atoms with Crippen molar-refractivity contribution in [2.24, 2.45) is 0 Å². The van der Waals surface area contributed by atoms with Crippen molar-refractivity contribution in [1.82, 2.24) is 24.2 Å². The van der Waals surface area contributed by atoms with Crippen molar-refractivity contribution in [3.05, 3.63) is 59.8 Å². The first-order chi connectivity index (χ1) is 13.0. The van der Waals surface area contributed by atoms with E-state index in [1.54, 1.807) is 0 Å². The van der Waals surface area contributed by atoms with Gasteiger partial charge in [0.25, 0.3) is 0 Å². The van der Waals surface area contributed by atoms with Crippen molar-refractivity contribution < 1.29 is 0 Å². The van der Waals surface area contributed by atoms with Crippen LogP contribution in [0.1, 0.15) is 42.8 Å². The highest BCUT2D eigenvalue weighted by atomic mass is 35.5. The van der Waals surface area contributed by atoms with E-state index in [4.69, 9.17) is 5.10 Å². The van der Waals surface area contributed by atoms with Crippen LogP contribution in [0.2, 0.25) is 0 Å². The third-order valence-electron chi connectivity index (χ3n) is 5.11. The Bertz CT molecular complexity index is 866. The quantitative estimate of drug-likeness (QED) is 0.547. The molecule has 0 N–H and O–H groups in total. The number of benzene rings is 1. The van der Waals surface area contributed by atoms with E-state index >= 15 is 0 Å². The Morgan fingerprint density at radius 2 is 1.82 bits per heavy atom. The number of halogens is 1. The Kier molecular flexibility index (Phi) is 7.84. The van der Waals surface area contributed by atoms with Crippen molar-refractivity contribution in [3.8, 4) is 11.3 Å². The number of aromatic nitrogens is 4. The maximum atomic E-state index is 4.77. The van der Waals surface area contributed by atoms with E-state index < -0.39 is 0 Å². The van der Waals surface area contributed by atoms with E-state index in [9.17, 15) is 0 Å². The molecule has 1 atom stereocenters. The van der Waals surface area contributed by atoms with Gasteiger partial charge in [-0.3, -0.25) is 4.68 Å². The second-order valence-electron chi connectivity index (χ2n) is 7.47. The van der Waals surface area contributed by atoms with Crippen LogP contribution in [-0.4, -0.2) is 44.9 Å². The molecule has 0 aliphatic carbocycles. The predicted octanol–water partition coefficient (Wildman–Crippen LogP) is 4.74. The molecule has 3 aromatic rings. The highest BCUT2D eigenvalue weighted by Gasteiger charge is 2.22. The van der Waals surface area contributed by atoms with Crippen molar-refractivity contribution in [3.63, 3.8) is 0 Å². The average Bonchev–Trinajstić information content (AvgIpc) is 3.21. The van der Waals surface area contributed by atoms with Crippen LogP contribution in [0, 0.1) is 13.8 Å². The van der Waals surface area contributed by atoms with Gasteiger partial charge in [0.05, 0.1) is 30.0 Å². The third-order valence-corrected chi connectivity index (χ3v) is 5.11. The molecule has 2 heterocycles. The number of hydrogen-bond acceptors (Lipinski definition) is 3. The van der Waals surface area contributed by atoms with Crippen LogP contribution < -0.4 is 0 Å². The maximum Gasteiger partial charge on any atom is 0.0956 e.